The Morgan fingerprint density at radius 2 is 1.78 bits per heavy atom. The van der Waals surface area contributed by atoms with Crippen LogP contribution in [0.15, 0.2) is 42.7 Å². The lowest BCUT2D eigenvalue weighted by molar-refractivity contribution is 0.0746. The number of amides is 1. The molecule has 0 saturated carbocycles. The zero-order chi connectivity index (χ0) is 18.8. The van der Waals surface area contributed by atoms with Crippen LogP contribution in [0.25, 0.3) is 10.6 Å². The number of rotatable bonds is 3. The van der Waals surface area contributed by atoms with Crippen molar-refractivity contribution < 1.29 is 4.79 Å². The van der Waals surface area contributed by atoms with Crippen LogP contribution in [0.4, 0.5) is 5.95 Å². The van der Waals surface area contributed by atoms with E-state index in [2.05, 4.69) is 26.8 Å². The zero-order valence-corrected chi connectivity index (χ0v) is 16.2. The van der Waals surface area contributed by atoms with Crippen LogP contribution >= 0.6 is 11.3 Å². The Balaban J connectivity index is 1.47. The Labute approximate surface area is 162 Å². The summed E-state index contributed by atoms with van der Waals surface area (Å²) in [4.78, 5) is 31.4. The second-order valence-corrected chi connectivity index (χ2v) is 7.77. The van der Waals surface area contributed by atoms with E-state index in [1.54, 1.807) is 23.7 Å². The minimum absolute atomic E-state index is 0.0653. The van der Waals surface area contributed by atoms with Crippen molar-refractivity contribution in [2.45, 2.75) is 13.8 Å². The van der Waals surface area contributed by atoms with Gasteiger partial charge in [-0.3, -0.25) is 4.79 Å². The van der Waals surface area contributed by atoms with E-state index in [0.717, 1.165) is 35.3 Å². The number of carbonyl (C=O) groups is 1. The average Bonchev–Trinajstić information content (AvgIpc) is 3.07. The van der Waals surface area contributed by atoms with E-state index in [0.29, 0.717) is 18.7 Å². The van der Waals surface area contributed by atoms with Crippen LogP contribution in [0.3, 0.4) is 0 Å². The van der Waals surface area contributed by atoms with Crippen LogP contribution in [0.1, 0.15) is 20.9 Å². The molecular formula is C20H21N5OS. The number of nitrogens with zero attached hydrogens (tertiary/aromatic N) is 5. The number of hydrogen-bond donors (Lipinski definition) is 0. The summed E-state index contributed by atoms with van der Waals surface area (Å²) in [7, 11) is 0. The van der Waals surface area contributed by atoms with Gasteiger partial charge < -0.3 is 9.80 Å². The molecule has 0 radical (unpaired) electrons. The Morgan fingerprint density at radius 1 is 1.04 bits per heavy atom. The number of thiazole rings is 1. The van der Waals surface area contributed by atoms with E-state index in [4.69, 9.17) is 0 Å². The van der Waals surface area contributed by atoms with Gasteiger partial charge in [0.05, 0.1) is 5.69 Å². The number of carbonyl (C=O) groups excluding carboxylic acids is 1. The molecule has 4 rings (SSSR count). The molecule has 3 heterocycles. The Kier molecular flexibility index (Phi) is 4.85. The zero-order valence-electron chi connectivity index (χ0n) is 15.4. The van der Waals surface area contributed by atoms with E-state index in [1.165, 1.54) is 4.88 Å². The van der Waals surface area contributed by atoms with Crippen LogP contribution < -0.4 is 4.90 Å². The first-order chi connectivity index (χ1) is 13.1. The Hall–Kier alpha value is -2.80. The summed E-state index contributed by atoms with van der Waals surface area (Å²) in [6, 6.07) is 9.59. The van der Waals surface area contributed by atoms with Crippen molar-refractivity contribution in [3.8, 4) is 10.6 Å². The van der Waals surface area contributed by atoms with Gasteiger partial charge in [0.1, 0.15) is 5.01 Å². The van der Waals surface area contributed by atoms with E-state index in [9.17, 15) is 4.79 Å². The minimum Gasteiger partial charge on any atom is -0.337 e. The molecule has 0 N–H and O–H groups in total. The highest BCUT2D eigenvalue weighted by Crippen LogP contribution is 2.28. The molecule has 0 atom stereocenters. The van der Waals surface area contributed by atoms with Crippen LogP contribution in [-0.2, 0) is 0 Å². The fourth-order valence-corrected chi connectivity index (χ4v) is 4.04. The second kappa shape index (κ2) is 7.44. The predicted molar refractivity (Wildman–Crippen MR) is 107 cm³/mol. The SMILES string of the molecule is Cc1nc(-c2cccc(C(=O)N3CCN(c4ncccn4)CC3)c2)sc1C. The summed E-state index contributed by atoms with van der Waals surface area (Å²) in [5.41, 5.74) is 2.76. The lowest BCUT2D eigenvalue weighted by atomic mass is 10.1. The minimum atomic E-state index is 0.0653. The van der Waals surface area contributed by atoms with Gasteiger partial charge >= 0.3 is 0 Å². The van der Waals surface area contributed by atoms with Crippen LogP contribution in [-0.4, -0.2) is 51.9 Å². The first kappa shape index (κ1) is 17.6. The highest BCUT2D eigenvalue weighted by atomic mass is 32.1. The first-order valence-electron chi connectivity index (χ1n) is 8.97. The molecule has 2 aromatic heterocycles. The number of aromatic nitrogens is 3. The molecular weight excluding hydrogens is 358 g/mol. The molecule has 1 aliphatic rings. The number of piperazine rings is 1. The molecule has 27 heavy (non-hydrogen) atoms. The molecule has 0 aliphatic carbocycles. The molecule has 138 valence electrons. The van der Waals surface area contributed by atoms with Gasteiger partial charge in [-0.1, -0.05) is 12.1 Å². The normalized spacial score (nSPS) is 14.4. The molecule has 0 spiro atoms. The van der Waals surface area contributed by atoms with E-state index in [-0.39, 0.29) is 5.91 Å². The maximum atomic E-state index is 13.0. The van der Waals surface area contributed by atoms with Gasteiger partial charge in [-0.05, 0) is 32.0 Å². The van der Waals surface area contributed by atoms with Crippen molar-refractivity contribution in [3.05, 3.63) is 58.9 Å². The van der Waals surface area contributed by atoms with Gasteiger partial charge in [-0.2, -0.15) is 0 Å². The van der Waals surface area contributed by atoms with Gasteiger partial charge in [0.25, 0.3) is 5.91 Å². The highest BCUT2D eigenvalue weighted by molar-refractivity contribution is 7.15. The van der Waals surface area contributed by atoms with Crippen molar-refractivity contribution >= 4 is 23.2 Å². The molecule has 0 unspecified atom stereocenters. The van der Waals surface area contributed by atoms with E-state index >= 15 is 0 Å². The van der Waals surface area contributed by atoms with Crippen molar-refractivity contribution in [3.63, 3.8) is 0 Å². The second-order valence-electron chi connectivity index (χ2n) is 6.57. The third-order valence-corrected chi connectivity index (χ3v) is 5.91. The highest BCUT2D eigenvalue weighted by Gasteiger charge is 2.23. The lowest BCUT2D eigenvalue weighted by Gasteiger charge is -2.34. The molecule has 0 bridgehead atoms. The molecule has 6 nitrogen and oxygen atoms in total. The topological polar surface area (TPSA) is 62.2 Å². The molecule has 1 aromatic carbocycles. The van der Waals surface area contributed by atoms with Crippen molar-refractivity contribution in [1.82, 2.24) is 19.9 Å². The maximum absolute atomic E-state index is 13.0. The lowest BCUT2D eigenvalue weighted by Crippen LogP contribution is -2.49. The number of anilines is 1. The van der Waals surface area contributed by atoms with Gasteiger partial charge in [0, 0.05) is 54.6 Å². The predicted octanol–water partition coefficient (Wildman–Crippen LogP) is 3.18. The van der Waals surface area contributed by atoms with E-state index in [1.807, 2.05) is 42.2 Å². The number of benzene rings is 1. The van der Waals surface area contributed by atoms with Crippen molar-refractivity contribution in [2.24, 2.45) is 0 Å². The van der Waals surface area contributed by atoms with Crippen LogP contribution in [0.2, 0.25) is 0 Å². The van der Waals surface area contributed by atoms with Gasteiger partial charge in [-0.15, -0.1) is 11.3 Å². The fourth-order valence-electron chi connectivity index (χ4n) is 3.13. The molecule has 3 aromatic rings. The number of hydrogen-bond acceptors (Lipinski definition) is 6. The standard InChI is InChI=1S/C20H21N5OS/c1-14-15(2)27-18(23-14)16-5-3-6-17(13-16)19(26)24-9-11-25(12-10-24)20-21-7-4-8-22-20/h3-8,13H,9-12H2,1-2H3. The molecule has 7 heteroatoms. The quantitative estimate of drug-likeness (QED) is 0.699. The van der Waals surface area contributed by atoms with Crippen LogP contribution in [0, 0.1) is 13.8 Å². The van der Waals surface area contributed by atoms with Gasteiger partial charge in [0.15, 0.2) is 0 Å². The average molecular weight is 379 g/mol. The summed E-state index contributed by atoms with van der Waals surface area (Å²) >= 11 is 1.66. The summed E-state index contributed by atoms with van der Waals surface area (Å²) in [5.74, 6) is 0.789. The van der Waals surface area contributed by atoms with Gasteiger partial charge in [-0.25, -0.2) is 15.0 Å². The number of aryl methyl sites for hydroxylation is 2. The van der Waals surface area contributed by atoms with Crippen LogP contribution in [0.5, 0.6) is 0 Å². The molecule has 1 amide bonds. The maximum Gasteiger partial charge on any atom is 0.253 e. The summed E-state index contributed by atoms with van der Waals surface area (Å²) in [6.45, 7) is 6.88. The summed E-state index contributed by atoms with van der Waals surface area (Å²) in [5, 5.41) is 0.964. The Morgan fingerprint density at radius 3 is 2.44 bits per heavy atom. The van der Waals surface area contributed by atoms with E-state index < -0.39 is 0 Å². The molecule has 1 fully saturated rings. The smallest absolute Gasteiger partial charge is 0.253 e. The Bertz CT molecular complexity index is 929. The van der Waals surface area contributed by atoms with Gasteiger partial charge in [0.2, 0.25) is 5.95 Å². The fraction of sp³-hybridized carbons (Fsp3) is 0.300. The first-order valence-corrected chi connectivity index (χ1v) is 9.79. The molecule has 1 aliphatic heterocycles. The van der Waals surface area contributed by atoms with Crippen molar-refractivity contribution in [1.29, 1.82) is 0 Å². The largest absolute Gasteiger partial charge is 0.337 e. The summed E-state index contributed by atoms with van der Waals surface area (Å²) in [6.07, 6.45) is 3.49. The third-order valence-electron chi connectivity index (χ3n) is 4.79. The molecule has 1 saturated heterocycles. The van der Waals surface area contributed by atoms with Crippen molar-refractivity contribution in [2.75, 3.05) is 31.1 Å². The third kappa shape index (κ3) is 3.68. The summed E-state index contributed by atoms with van der Waals surface area (Å²) < 4.78 is 0. The monoisotopic (exact) mass is 379 g/mol.